The highest BCUT2D eigenvalue weighted by atomic mass is 79.9. The third kappa shape index (κ3) is 3.45. The van der Waals surface area contributed by atoms with E-state index in [9.17, 15) is 17.2 Å². The highest BCUT2D eigenvalue weighted by Gasteiger charge is 2.22. The van der Waals surface area contributed by atoms with Crippen molar-refractivity contribution in [2.45, 2.75) is 4.90 Å². The van der Waals surface area contributed by atoms with E-state index < -0.39 is 26.6 Å². The van der Waals surface area contributed by atoms with Gasteiger partial charge in [-0.25, -0.2) is 17.2 Å². The Hall–Kier alpha value is -1.38. The quantitative estimate of drug-likeness (QED) is 0.775. The number of hydrogen-bond donors (Lipinski definition) is 2. The average Bonchev–Trinajstić information content (AvgIpc) is 2.37. The molecule has 3 N–H and O–H groups in total. The van der Waals surface area contributed by atoms with Crippen molar-refractivity contribution in [2.24, 2.45) is 0 Å². The van der Waals surface area contributed by atoms with Gasteiger partial charge in [0.25, 0.3) is 10.0 Å². The van der Waals surface area contributed by atoms with Crippen LogP contribution in [0, 0.1) is 11.6 Å². The van der Waals surface area contributed by atoms with Crippen molar-refractivity contribution in [1.82, 2.24) is 0 Å². The Morgan fingerprint density at radius 1 is 1.19 bits per heavy atom. The third-order valence-corrected chi connectivity index (χ3v) is 4.90. The summed E-state index contributed by atoms with van der Waals surface area (Å²) >= 11 is 8.72. The summed E-state index contributed by atoms with van der Waals surface area (Å²) in [6.45, 7) is 0. The molecular formula is C12H8BrClF2N2O2S. The molecule has 0 aliphatic carbocycles. The molecule has 2 rings (SSSR count). The van der Waals surface area contributed by atoms with Crippen LogP contribution in [0.15, 0.2) is 39.7 Å². The molecule has 4 nitrogen and oxygen atoms in total. The molecule has 0 aromatic heterocycles. The maximum Gasteiger partial charge on any atom is 0.264 e. The zero-order valence-electron chi connectivity index (χ0n) is 10.2. The topological polar surface area (TPSA) is 72.2 Å². The predicted octanol–water partition coefficient (Wildman–Crippen LogP) is 3.76. The number of nitrogen functional groups attached to an aromatic ring is 1. The van der Waals surface area contributed by atoms with Gasteiger partial charge in [-0.2, -0.15) is 0 Å². The summed E-state index contributed by atoms with van der Waals surface area (Å²) in [6.07, 6.45) is 0. The van der Waals surface area contributed by atoms with Crippen LogP contribution in [0.5, 0.6) is 0 Å². The molecule has 0 aliphatic heterocycles. The first-order valence-electron chi connectivity index (χ1n) is 5.43. The van der Waals surface area contributed by atoms with Crippen LogP contribution in [0.4, 0.5) is 20.2 Å². The van der Waals surface area contributed by atoms with Gasteiger partial charge < -0.3 is 5.73 Å². The second-order valence-electron chi connectivity index (χ2n) is 4.03. The lowest BCUT2D eigenvalue weighted by Crippen LogP contribution is -2.15. The van der Waals surface area contributed by atoms with E-state index in [2.05, 4.69) is 20.7 Å². The summed E-state index contributed by atoms with van der Waals surface area (Å²) in [7, 11) is -4.25. The van der Waals surface area contributed by atoms with E-state index in [4.69, 9.17) is 17.3 Å². The van der Waals surface area contributed by atoms with Gasteiger partial charge in [-0.05, 0) is 46.3 Å². The molecule has 0 saturated carbocycles. The monoisotopic (exact) mass is 396 g/mol. The van der Waals surface area contributed by atoms with Gasteiger partial charge in [-0.3, -0.25) is 4.72 Å². The lowest BCUT2D eigenvalue weighted by atomic mass is 10.3. The van der Waals surface area contributed by atoms with Crippen molar-refractivity contribution in [3.63, 3.8) is 0 Å². The minimum Gasteiger partial charge on any atom is -0.398 e. The summed E-state index contributed by atoms with van der Waals surface area (Å²) in [6, 6.07) is 5.01. The summed E-state index contributed by atoms with van der Waals surface area (Å²) < 4.78 is 53.3. The van der Waals surface area contributed by atoms with E-state index in [1.807, 2.05) is 0 Å². The molecule has 0 spiro atoms. The van der Waals surface area contributed by atoms with Crippen LogP contribution in [-0.2, 0) is 10.0 Å². The predicted molar refractivity (Wildman–Crippen MR) is 80.7 cm³/mol. The second kappa shape index (κ2) is 5.78. The number of nitrogens with two attached hydrogens (primary N) is 1. The lowest BCUT2D eigenvalue weighted by Gasteiger charge is -2.11. The van der Waals surface area contributed by atoms with Crippen LogP contribution in [0.2, 0.25) is 5.02 Å². The molecule has 9 heteroatoms. The van der Waals surface area contributed by atoms with E-state index in [1.54, 1.807) is 0 Å². The fourth-order valence-electron chi connectivity index (χ4n) is 1.52. The Morgan fingerprint density at radius 3 is 2.48 bits per heavy atom. The Morgan fingerprint density at radius 2 is 1.86 bits per heavy atom. The maximum atomic E-state index is 13.8. The fraction of sp³-hybridized carbons (Fsp3) is 0. The Bertz CT molecular complexity index is 815. The van der Waals surface area contributed by atoms with E-state index in [1.165, 1.54) is 0 Å². The number of rotatable bonds is 3. The molecule has 0 fully saturated rings. The van der Waals surface area contributed by atoms with Gasteiger partial charge in [0.05, 0.1) is 10.7 Å². The van der Waals surface area contributed by atoms with Gasteiger partial charge >= 0.3 is 0 Å². The molecule has 0 aliphatic rings. The first-order valence-corrected chi connectivity index (χ1v) is 8.08. The van der Waals surface area contributed by atoms with Gasteiger partial charge in [0.2, 0.25) is 0 Å². The summed E-state index contributed by atoms with van der Waals surface area (Å²) in [4.78, 5) is -0.636. The van der Waals surface area contributed by atoms with Gasteiger partial charge in [0.1, 0.15) is 16.5 Å². The zero-order chi connectivity index (χ0) is 15.8. The van der Waals surface area contributed by atoms with Crippen molar-refractivity contribution in [2.75, 3.05) is 10.5 Å². The highest BCUT2D eigenvalue weighted by molar-refractivity contribution is 9.10. The molecule has 2 aromatic rings. The molecule has 0 atom stereocenters. The van der Waals surface area contributed by atoms with Crippen LogP contribution in [0.1, 0.15) is 0 Å². The van der Waals surface area contributed by atoms with E-state index in [0.29, 0.717) is 0 Å². The van der Waals surface area contributed by atoms with Crippen molar-refractivity contribution >= 4 is 48.9 Å². The summed E-state index contributed by atoms with van der Waals surface area (Å²) in [5.41, 5.74) is 5.53. The molecule has 0 bridgehead atoms. The highest BCUT2D eigenvalue weighted by Crippen LogP contribution is 2.29. The summed E-state index contributed by atoms with van der Waals surface area (Å²) in [5, 5.41) is -0.149. The van der Waals surface area contributed by atoms with Crippen molar-refractivity contribution in [3.8, 4) is 0 Å². The van der Waals surface area contributed by atoms with Crippen LogP contribution in [-0.4, -0.2) is 8.42 Å². The van der Waals surface area contributed by atoms with Gasteiger partial charge in [0, 0.05) is 10.2 Å². The van der Waals surface area contributed by atoms with Gasteiger partial charge in [-0.15, -0.1) is 0 Å². The second-order valence-corrected chi connectivity index (χ2v) is 6.95. The molecule has 2 aromatic carbocycles. The van der Waals surface area contributed by atoms with E-state index in [-0.39, 0.29) is 20.9 Å². The molecule has 0 unspecified atom stereocenters. The third-order valence-electron chi connectivity index (χ3n) is 2.52. The number of anilines is 2. The van der Waals surface area contributed by atoms with E-state index >= 15 is 0 Å². The SMILES string of the molecule is Nc1cc(S(=O)(=O)Nc2ccc(F)cc2Cl)c(F)cc1Br. The molecule has 21 heavy (non-hydrogen) atoms. The minimum absolute atomic E-state index is 0.0574. The largest absolute Gasteiger partial charge is 0.398 e. The van der Waals surface area contributed by atoms with Crippen LogP contribution < -0.4 is 10.5 Å². The first kappa shape index (κ1) is 16.0. The van der Waals surface area contributed by atoms with Crippen LogP contribution >= 0.6 is 27.5 Å². The van der Waals surface area contributed by atoms with Crippen molar-refractivity contribution < 1.29 is 17.2 Å². The van der Waals surface area contributed by atoms with E-state index in [0.717, 1.165) is 30.3 Å². The molecule has 0 saturated heterocycles. The number of nitrogens with one attached hydrogen (secondary N) is 1. The fourth-order valence-corrected chi connectivity index (χ4v) is 3.28. The van der Waals surface area contributed by atoms with Crippen molar-refractivity contribution in [1.29, 1.82) is 0 Å². The molecule has 0 amide bonds. The van der Waals surface area contributed by atoms with Gasteiger partial charge in [0.15, 0.2) is 0 Å². The smallest absolute Gasteiger partial charge is 0.264 e. The maximum absolute atomic E-state index is 13.8. The number of sulfonamides is 1. The lowest BCUT2D eigenvalue weighted by molar-refractivity contribution is 0.570. The Kier molecular flexibility index (Phi) is 4.40. The normalized spacial score (nSPS) is 11.4. The van der Waals surface area contributed by atoms with Crippen LogP contribution in [0.25, 0.3) is 0 Å². The summed E-state index contributed by atoms with van der Waals surface area (Å²) in [5.74, 6) is -1.61. The molecular weight excluding hydrogens is 390 g/mol. The molecule has 0 radical (unpaired) electrons. The molecule has 0 heterocycles. The first-order chi connectivity index (χ1) is 9.70. The van der Waals surface area contributed by atoms with Gasteiger partial charge in [-0.1, -0.05) is 11.6 Å². The number of hydrogen-bond acceptors (Lipinski definition) is 3. The minimum atomic E-state index is -4.25. The Labute approximate surface area is 133 Å². The zero-order valence-corrected chi connectivity index (χ0v) is 13.4. The Balaban J connectivity index is 2.46. The number of halogens is 4. The number of benzene rings is 2. The standard InChI is InChI=1S/C12H8BrClF2N2O2S/c13-7-4-9(16)12(5-10(7)17)21(19,20)18-11-2-1-6(15)3-8(11)14/h1-5,18H,17H2. The molecule has 112 valence electrons. The average molecular weight is 398 g/mol. The van der Waals surface area contributed by atoms with Crippen LogP contribution in [0.3, 0.4) is 0 Å². The van der Waals surface area contributed by atoms with Crippen molar-refractivity contribution in [3.05, 3.63) is 51.5 Å².